The Morgan fingerprint density at radius 1 is 1.19 bits per heavy atom. The molecule has 2 aromatic rings. The second-order valence-corrected chi connectivity index (χ2v) is 11.6. The van der Waals surface area contributed by atoms with Crippen molar-refractivity contribution in [2.45, 2.75) is 31.7 Å². The maximum absolute atomic E-state index is 12.6. The van der Waals surface area contributed by atoms with Gasteiger partial charge in [-0.2, -0.15) is 0 Å². The minimum Gasteiger partial charge on any atom is -0.504 e. The van der Waals surface area contributed by atoms with Gasteiger partial charge >= 0.3 is 0 Å². The Hall–Kier alpha value is -2.41. The van der Waals surface area contributed by atoms with E-state index in [0.29, 0.717) is 5.76 Å². The minimum atomic E-state index is -4.03. The molecule has 3 N–H and O–H groups in total. The molecule has 0 aliphatic carbocycles. The monoisotopic (exact) mass is 501 g/mol. The molecule has 2 heterocycles. The highest BCUT2D eigenvalue weighted by Gasteiger charge is 2.33. The second kappa shape index (κ2) is 8.85. The SMILES string of the molecule is CN(C)S(=O)(=O)c1c(Cl)ccc(NC2=NS(=O)N=C2N[C@@H](c2ccco2)C(C)(C)C)c1O. The molecule has 1 aromatic heterocycles. The summed E-state index contributed by atoms with van der Waals surface area (Å²) in [7, 11) is -1.38. The molecule has 13 heteroatoms. The number of benzene rings is 1. The van der Waals surface area contributed by atoms with Crippen molar-refractivity contribution in [3.05, 3.63) is 41.3 Å². The fraction of sp³-hybridized carbons (Fsp3) is 0.368. The molecule has 10 nitrogen and oxygen atoms in total. The van der Waals surface area contributed by atoms with Gasteiger partial charge in [0.25, 0.3) is 11.2 Å². The molecule has 1 aromatic carbocycles. The Morgan fingerprint density at radius 2 is 1.84 bits per heavy atom. The van der Waals surface area contributed by atoms with Gasteiger partial charge in [-0.25, -0.2) is 16.9 Å². The number of furan rings is 1. The van der Waals surface area contributed by atoms with Gasteiger partial charge in [0.2, 0.25) is 10.0 Å². The van der Waals surface area contributed by atoms with Gasteiger partial charge in [0.1, 0.15) is 10.7 Å². The normalized spacial score (nSPS) is 17.8. The number of phenols is 1. The van der Waals surface area contributed by atoms with Gasteiger partial charge in [-0.15, -0.1) is 8.80 Å². The second-order valence-electron chi connectivity index (χ2n) is 8.25. The molecule has 0 saturated carbocycles. The number of nitrogens with one attached hydrogen (secondary N) is 2. The van der Waals surface area contributed by atoms with Crippen molar-refractivity contribution >= 4 is 50.2 Å². The van der Waals surface area contributed by atoms with E-state index >= 15 is 0 Å². The number of nitrogens with zero attached hydrogens (tertiary/aromatic N) is 3. The van der Waals surface area contributed by atoms with Gasteiger partial charge in [-0.1, -0.05) is 32.4 Å². The molecule has 1 aliphatic heterocycles. The standard InChI is InChI=1S/C19H24ClN5O5S2/c1-19(2,3)16(13-7-6-10-30-13)22-18-17(23-31(27)24-18)21-12-9-8-11(20)15(14(12)26)32(28,29)25(4)5/h6-10,16,26H,1-5H3,(H,21,23)(H,22,24)/t16-,31?/m0/s1. The molecule has 3 rings (SSSR count). The van der Waals surface area contributed by atoms with Crippen LogP contribution in [-0.2, 0) is 21.2 Å². The zero-order chi connectivity index (χ0) is 23.8. The number of phenolic OH excluding ortho intramolecular Hbond substituents is 1. The maximum atomic E-state index is 12.6. The summed E-state index contributed by atoms with van der Waals surface area (Å²) in [5.74, 6) is 0.288. The van der Waals surface area contributed by atoms with Crippen LogP contribution < -0.4 is 10.6 Å². The first kappa shape index (κ1) is 24.2. The Kier molecular flexibility index (Phi) is 6.70. The molecule has 1 unspecified atom stereocenters. The molecule has 0 radical (unpaired) electrons. The lowest BCUT2D eigenvalue weighted by molar-refractivity contribution is 0.264. The van der Waals surface area contributed by atoms with Crippen LogP contribution in [0.3, 0.4) is 0 Å². The Balaban J connectivity index is 1.95. The number of hydrogen-bond donors (Lipinski definition) is 3. The molecular weight excluding hydrogens is 478 g/mol. The summed E-state index contributed by atoms with van der Waals surface area (Å²) >= 11 is 4.15. The number of halogens is 1. The molecule has 0 fully saturated rings. The van der Waals surface area contributed by atoms with Crippen LogP contribution in [0.5, 0.6) is 5.75 Å². The minimum absolute atomic E-state index is 0.00674. The van der Waals surface area contributed by atoms with Crippen LogP contribution >= 0.6 is 11.6 Å². The van der Waals surface area contributed by atoms with Crippen LogP contribution in [-0.4, -0.2) is 47.8 Å². The summed E-state index contributed by atoms with van der Waals surface area (Å²) in [6.45, 7) is 5.98. The van der Waals surface area contributed by atoms with Crippen LogP contribution in [0.25, 0.3) is 0 Å². The van der Waals surface area contributed by atoms with E-state index in [1.54, 1.807) is 12.3 Å². The van der Waals surface area contributed by atoms with Gasteiger partial charge in [-0.3, -0.25) is 0 Å². The zero-order valence-electron chi connectivity index (χ0n) is 18.1. The van der Waals surface area contributed by atoms with Crippen LogP contribution in [0.15, 0.2) is 48.6 Å². The third-order valence-corrected chi connectivity index (χ3v) is 7.61. The highest BCUT2D eigenvalue weighted by Crippen LogP contribution is 2.38. The van der Waals surface area contributed by atoms with Crippen molar-refractivity contribution in [2.75, 3.05) is 19.4 Å². The van der Waals surface area contributed by atoms with E-state index < -0.39 is 31.8 Å². The predicted octanol–water partition coefficient (Wildman–Crippen LogP) is 3.07. The van der Waals surface area contributed by atoms with E-state index in [1.807, 2.05) is 26.8 Å². The van der Waals surface area contributed by atoms with Crippen molar-refractivity contribution in [3.8, 4) is 5.75 Å². The first-order chi connectivity index (χ1) is 14.8. The van der Waals surface area contributed by atoms with E-state index in [-0.39, 0.29) is 33.8 Å². The predicted molar refractivity (Wildman–Crippen MR) is 125 cm³/mol. The lowest BCUT2D eigenvalue weighted by atomic mass is 9.85. The third kappa shape index (κ3) is 4.82. The van der Waals surface area contributed by atoms with Crippen LogP contribution in [0.2, 0.25) is 5.02 Å². The summed E-state index contributed by atoms with van der Waals surface area (Å²) < 4.78 is 51.7. The van der Waals surface area contributed by atoms with Gasteiger partial charge in [-0.05, 0) is 29.7 Å². The quantitative estimate of drug-likeness (QED) is 0.535. The number of hydrogen-bond acceptors (Lipinski definition) is 7. The highest BCUT2D eigenvalue weighted by atomic mass is 35.5. The summed E-state index contributed by atoms with van der Waals surface area (Å²) in [6.07, 6.45) is 1.55. The van der Waals surface area contributed by atoms with Crippen LogP contribution in [0, 0.1) is 5.41 Å². The van der Waals surface area contributed by atoms with Crippen molar-refractivity contribution in [1.82, 2.24) is 9.62 Å². The molecule has 174 valence electrons. The topological polar surface area (TPSA) is 137 Å². The summed E-state index contributed by atoms with van der Waals surface area (Å²) in [6, 6.07) is 5.94. The van der Waals surface area contributed by atoms with Crippen molar-refractivity contribution in [1.29, 1.82) is 0 Å². The molecule has 0 amide bonds. The van der Waals surface area contributed by atoms with E-state index in [1.165, 1.54) is 26.2 Å². The molecule has 0 saturated heterocycles. The smallest absolute Gasteiger partial charge is 0.269 e. The van der Waals surface area contributed by atoms with Crippen molar-refractivity contribution in [2.24, 2.45) is 14.2 Å². The van der Waals surface area contributed by atoms with Crippen LogP contribution in [0.1, 0.15) is 32.6 Å². The fourth-order valence-corrected chi connectivity index (χ4v) is 5.05. The maximum Gasteiger partial charge on any atom is 0.269 e. The van der Waals surface area contributed by atoms with Gasteiger partial charge in [0.15, 0.2) is 17.4 Å². The van der Waals surface area contributed by atoms with E-state index in [4.69, 9.17) is 16.0 Å². The Labute approximate surface area is 194 Å². The number of aromatic hydroxyl groups is 1. The highest BCUT2D eigenvalue weighted by molar-refractivity contribution is 7.89. The van der Waals surface area contributed by atoms with Gasteiger partial charge in [0, 0.05) is 14.1 Å². The van der Waals surface area contributed by atoms with E-state index in [2.05, 4.69) is 19.4 Å². The first-order valence-electron chi connectivity index (χ1n) is 9.43. The molecule has 0 bridgehead atoms. The van der Waals surface area contributed by atoms with Crippen molar-refractivity contribution < 1.29 is 22.2 Å². The number of anilines is 1. The average molecular weight is 502 g/mol. The van der Waals surface area contributed by atoms with Gasteiger partial charge < -0.3 is 20.2 Å². The Bertz CT molecular complexity index is 1200. The zero-order valence-corrected chi connectivity index (χ0v) is 20.5. The number of sulfonamides is 1. The van der Waals surface area contributed by atoms with E-state index in [9.17, 15) is 17.7 Å². The third-order valence-electron chi connectivity index (χ3n) is 4.61. The van der Waals surface area contributed by atoms with Crippen LogP contribution in [0.4, 0.5) is 5.69 Å². The summed E-state index contributed by atoms with van der Waals surface area (Å²) in [4.78, 5) is -0.455. The number of amidine groups is 2. The average Bonchev–Trinajstić information content (AvgIpc) is 3.30. The Morgan fingerprint density at radius 3 is 2.41 bits per heavy atom. The summed E-state index contributed by atoms with van der Waals surface area (Å²) in [5, 5.41) is 16.5. The van der Waals surface area contributed by atoms with Gasteiger partial charge in [0.05, 0.1) is 23.0 Å². The lowest BCUT2D eigenvalue weighted by Gasteiger charge is -2.30. The molecule has 2 atom stereocenters. The molecule has 32 heavy (non-hydrogen) atoms. The lowest BCUT2D eigenvalue weighted by Crippen LogP contribution is -2.41. The van der Waals surface area contributed by atoms with E-state index in [0.717, 1.165) is 4.31 Å². The van der Waals surface area contributed by atoms with Crippen molar-refractivity contribution in [3.63, 3.8) is 0 Å². The largest absolute Gasteiger partial charge is 0.504 e. The number of rotatable bonds is 5. The first-order valence-corrected chi connectivity index (χ1v) is 12.3. The molecular formula is C19H24ClN5O5S2. The molecule has 1 aliphatic rings. The summed E-state index contributed by atoms with van der Waals surface area (Å²) in [5.41, 5.74) is -0.308. The molecule has 0 spiro atoms. The fourth-order valence-electron chi connectivity index (χ4n) is 2.95.